The van der Waals surface area contributed by atoms with E-state index in [0.717, 1.165) is 6.61 Å². The molecule has 0 aliphatic heterocycles. The summed E-state index contributed by atoms with van der Waals surface area (Å²) in [6.07, 6.45) is 2.50. The van der Waals surface area contributed by atoms with E-state index < -0.39 is 8.32 Å². The van der Waals surface area contributed by atoms with Crippen molar-refractivity contribution in [2.75, 3.05) is 6.61 Å². The summed E-state index contributed by atoms with van der Waals surface area (Å²) in [7, 11) is -1.39. The first-order valence-corrected chi connectivity index (χ1v) is 10.2. The zero-order valence-corrected chi connectivity index (χ0v) is 12.8. The minimum Gasteiger partial charge on any atom is -0.417 e. The Balaban J connectivity index is 2.20. The van der Waals surface area contributed by atoms with Crippen molar-refractivity contribution in [3.63, 3.8) is 0 Å². The molecule has 0 unspecified atom stereocenters. The summed E-state index contributed by atoms with van der Waals surface area (Å²) in [4.78, 5) is 1.51. The summed E-state index contributed by atoms with van der Waals surface area (Å²) in [6.45, 7) is 10.0. The highest BCUT2D eigenvalue weighted by Crippen LogP contribution is 2.19. The lowest BCUT2D eigenvalue weighted by molar-refractivity contribution is 0.260. The highest BCUT2D eigenvalue weighted by Gasteiger charge is 2.22. The lowest BCUT2D eigenvalue weighted by Gasteiger charge is -2.24. The molecule has 0 bridgehead atoms. The van der Waals surface area contributed by atoms with Crippen LogP contribution in [0.25, 0.3) is 0 Å². The Labute approximate surface area is 105 Å². The largest absolute Gasteiger partial charge is 0.417 e. The Morgan fingerprint density at radius 2 is 2.12 bits per heavy atom. The smallest absolute Gasteiger partial charge is 0.186 e. The van der Waals surface area contributed by atoms with Crippen LogP contribution < -0.4 is 0 Å². The van der Waals surface area contributed by atoms with Gasteiger partial charge in [-0.05, 0) is 49.3 Å². The van der Waals surface area contributed by atoms with Crippen molar-refractivity contribution in [2.45, 2.75) is 45.8 Å². The van der Waals surface area contributed by atoms with E-state index in [1.165, 1.54) is 23.8 Å². The van der Waals surface area contributed by atoms with Crippen LogP contribution in [0.1, 0.15) is 25.1 Å². The van der Waals surface area contributed by atoms with Gasteiger partial charge in [0.05, 0.1) is 0 Å². The topological polar surface area (TPSA) is 9.23 Å². The van der Waals surface area contributed by atoms with Crippen LogP contribution in [0, 0.1) is 5.92 Å². The summed E-state index contributed by atoms with van der Waals surface area (Å²) >= 11 is 1.87. The molecule has 0 aliphatic rings. The van der Waals surface area contributed by atoms with Crippen molar-refractivity contribution in [1.29, 1.82) is 0 Å². The lowest BCUT2D eigenvalue weighted by atomic mass is 10.2. The quantitative estimate of drug-likeness (QED) is 0.650. The van der Waals surface area contributed by atoms with Crippen molar-refractivity contribution in [3.05, 3.63) is 22.4 Å². The van der Waals surface area contributed by atoms with Crippen LogP contribution in [0.3, 0.4) is 0 Å². The van der Waals surface area contributed by atoms with Crippen molar-refractivity contribution in [3.8, 4) is 0 Å². The maximum absolute atomic E-state index is 6.05. The average molecular weight is 256 g/mol. The molecular formula is C13H24OSSi. The van der Waals surface area contributed by atoms with Crippen molar-refractivity contribution < 1.29 is 4.43 Å². The normalized spacial score (nSPS) is 12.3. The van der Waals surface area contributed by atoms with Gasteiger partial charge in [-0.3, -0.25) is 0 Å². The maximum Gasteiger partial charge on any atom is 0.186 e. The van der Waals surface area contributed by atoms with Gasteiger partial charge in [0.1, 0.15) is 0 Å². The number of thiophene rings is 1. The predicted molar refractivity (Wildman–Crippen MR) is 75.7 cm³/mol. The minimum absolute atomic E-state index is 0.657. The zero-order valence-electron chi connectivity index (χ0n) is 11.0. The highest BCUT2D eigenvalue weighted by molar-refractivity contribution is 7.09. The predicted octanol–water partition coefficient (Wildman–Crippen LogP) is 4.56. The second-order valence-electron chi connectivity index (χ2n) is 5.40. The molecule has 0 atom stereocenters. The fourth-order valence-electron chi connectivity index (χ4n) is 1.61. The third-order valence-corrected chi connectivity index (χ3v) is 6.03. The Hall–Kier alpha value is -0.123. The molecule has 16 heavy (non-hydrogen) atoms. The molecule has 1 aromatic rings. The van der Waals surface area contributed by atoms with Gasteiger partial charge in [0.2, 0.25) is 0 Å². The molecule has 0 radical (unpaired) electrons. The van der Waals surface area contributed by atoms with Gasteiger partial charge in [0.25, 0.3) is 0 Å². The summed E-state index contributed by atoms with van der Waals surface area (Å²) in [6, 6.07) is 5.64. The number of hydrogen-bond acceptors (Lipinski definition) is 2. The van der Waals surface area contributed by atoms with Crippen LogP contribution in [-0.4, -0.2) is 14.9 Å². The molecule has 0 fully saturated rings. The molecule has 0 N–H and O–H groups in total. The van der Waals surface area contributed by atoms with Gasteiger partial charge in [0.15, 0.2) is 8.32 Å². The van der Waals surface area contributed by atoms with E-state index in [1.54, 1.807) is 0 Å². The molecule has 3 heteroatoms. The highest BCUT2D eigenvalue weighted by atomic mass is 32.1. The molecule has 0 spiro atoms. The molecule has 1 heterocycles. The Bertz CT molecular complexity index is 280. The third kappa shape index (κ3) is 5.82. The summed E-state index contributed by atoms with van der Waals surface area (Å²) < 4.78 is 6.05. The molecule has 0 aromatic carbocycles. The van der Waals surface area contributed by atoms with Crippen LogP contribution >= 0.6 is 11.3 Å². The first-order valence-electron chi connectivity index (χ1n) is 6.16. The summed E-state index contributed by atoms with van der Waals surface area (Å²) in [5, 5.41) is 2.16. The molecule has 1 nitrogen and oxygen atoms in total. The fourth-order valence-corrected chi connectivity index (χ4v) is 4.32. The van der Waals surface area contributed by atoms with Gasteiger partial charge in [-0.25, -0.2) is 0 Å². The van der Waals surface area contributed by atoms with Crippen LogP contribution in [0.5, 0.6) is 0 Å². The Kier molecular flexibility index (Phi) is 5.73. The van der Waals surface area contributed by atoms with E-state index in [2.05, 4.69) is 44.5 Å². The standard InChI is InChI=1S/C13H24OSSi/c1-12(2)11-14-16(3,4)10-6-8-13-7-5-9-15-13/h5,7,9,12H,6,8,10-11H2,1-4H3. The number of rotatable bonds is 7. The molecule has 0 amide bonds. The second-order valence-corrected chi connectivity index (χ2v) is 10.7. The molecule has 1 rings (SSSR count). The van der Waals surface area contributed by atoms with E-state index in [0.29, 0.717) is 5.92 Å². The maximum atomic E-state index is 6.05. The first kappa shape index (κ1) is 13.9. The van der Waals surface area contributed by atoms with E-state index >= 15 is 0 Å². The van der Waals surface area contributed by atoms with Crippen LogP contribution in [0.4, 0.5) is 0 Å². The van der Waals surface area contributed by atoms with Gasteiger partial charge >= 0.3 is 0 Å². The van der Waals surface area contributed by atoms with E-state index in [-0.39, 0.29) is 0 Å². The van der Waals surface area contributed by atoms with Gasteiger partial charge < -0.3 is 4.43 Å². The first-order chi connectivity index (χ1) is 7.49. The van der Waals surface area contributed by atoms with E-state index in [1.807, 2.05) is 11.3 Å². The van der Waals surface area contributed by atoms with Gasteiger partial charge in [-0.2, -0.15) is 0 Å². The SMILES string of the molecule is CC(C)CO[Si](C)(C)CCCc1cccs1. The lowest BCUT2D eigenvalue weighted by Crippen LogP contribution is -2.31. The number of aryl methyl sites for hydroxylation is 1. The third-order valence-electron chi connectivity index (χ3n) is 2.59. The Morgan fingerprint density at radius 3 is 2.69 bits per heavy atom. The number of hydrogen-bond donors (Lipinski definition) is 0. The van der Waals surface area contributed by atoms with Crippen molar-refractivity contribution >= 4 is 19.7 Å². The minimum atomic E-state index is -1.39. The van der Waals surface area contributed by atoms with Gasteiger partial charge in [-0.1, -0.05) is 19.9 Å². The van der Waals surface area contributed by atoms with E-state index in [9.17, 15) is 0 Å². The van der Waals surface area contributed by atoms with Crippen molar-refractivity contribution in [2.24, 2.45) is 5.92 Å². The summed E-state index contributed by atoms with van der Waals surface area (Å²) in [5.74, 6) is 0.657. The Morgan fingerprint density at radius 1 is 1.38 bits per heavy atom. The molecular weight excluding hydrogens is 232 g/mol. The van der Waals surface area contributed by atoms with Gasteiger partial charge in [-0.15, -0.1) is 11.3 Å². The van der Waals surface area contributed by atoms with Crippen LogP contribution in [0.2, 0.25) is 19.1 Å². The second kappa shape index (κ2) is 6.57. The fraction of sp³-hybridized carbons (Fsp3) is 0.692. The van der Waals surface area contributed by atoms with Crippen LogP contribution in [0.15, 0.2) is 17.5 Å². The molecule has 0 aliphatic carbocycles. The molecule has 0 saturated carbocycles. The molecule has 1 aromatic heterocycles. The van der Waals surface area contributed by atoms with Gasteiger partial charge in [0, 0.05) is 11.5 Å². The zero-order chi connectivity index (χ0) is 12.0. The van der Waals surface area contributed by atoms with Crippen molar-refractivity contribution in [1.82, 2.24) is 0 Å². The van der Waals surface area contributed by atoms with Crippen LogP contribution in [-0.2, 0) is 10.8 Å². The molecule has 92 valence electrons. The summed E-state index contributed by atoms with van der Waals surface area (Å²) in [5.41, 5.74) is 0. The molecule has 0 saturated heterocycles. The van der Waals surface area contributed by atoms with E-state index in [4.69, 9.17) is 4.43 Å². The monoisotopic (exact) mass is 256 g/mol. The average Bonchev–Trinajstić information content (AvgIpc) is 2.68.